The molecule has 1 aliphatic rings. The Morgan fingerprint density at radius 2 is 1.62 bits per heavy atom. The Bertz CT molecular complexity index is 1100. The molecule has 2 aromatic heterocycles. The van der Waals surface area contributed by atoms with E-state index in [0.717, 1.165) is 23.5 Å². The maximum Gasteiger partial charge on any atom is 0.416 e. The van der Waals surface area contributed by atoms with Crippen molar-refractivity contribution in [2.75, 3.05) is 36.4 Å². The standard InChI is InChI=1S/C22H21F3N6O/c1-15-6-7-26-18(12-15)29-19-13-20(28-14-27-19)30-8-10-31(11-9-30)21(32)16-2-4-17(5-3-16)22(23,24)25/h2-7,12-14H,8-11H2,1H3,(H,26,27,28,29). The Labute approximate surface area is 182 Å². The maximum absolute atomic E-state index is 12.7. The van der Waals surface area contributed by atoms with Gasteiger partial charge in [-0.2, -0.15) is 13.2 Å². The molecular formula is C22H21F3N6O. The van der Waals surface area contributed by atoms with E-state index in [1.54, 1.807) is 11.1 Å². The number of amides is 1. The number of carbonyl (C=O) groups excluding carboxylic acids is 1. The largest absolute Gasteiger partial charge is 0.416 e. The highest BCUT2D eigenvalue weighted by Gasteiger charge is 2.30. The molecule has 166 valence electrons. The molecule has 1 fully saturated rings. The lowest BCUT2D eigenvalue weighted by Gasteiger charge is -2.35. The zero-order valence-corrected chi connectivity index (χ0v) is 17.3. The molecule has 32 heavy (non-hydrogen) atoms. The summed E-state index contributed by atoms with van der Waals surface area (Å²) in [6, 6.07) is 9.94. The molecule has 1 saturated heterocycles. The van der Waals surface area contributed by atoms with E-state index in [2.05, 4.69) is 20.3 Å². The van der Waals surface area contributed by atoms with Crippen LogP contribution in [-0.4, -0.2) is 51.9 Å². The van der Waals surface area contributed by atoms with E-state index in [0.29, 0.717) is 37.8 Å². The first-order chi connectivity index (χ1) is 15.3. The Kier molecular flexibility index (Phi) is 5.93. The molecule has 1 aliphatic heterocycles. The number of piperazine rings is 1. The lowest BCUT2D eigenvalue weighted by molar-refractivity contribution is -0.137. The number of nitrogens with one attached hydrogen (secondary N) is 1. The van der Waals surface area contributed by atoms with Gasteiger partial charge in [0.05, 0.1) is 5.56 Å². The first-order valence-electron chi connectivity index (χ1n) is 10.0. The van der Waals surface area contributed by atoms with Gasteiger partial charge in [-0.3, -0.25) is 4.79 Å². The number of benzene rings is 1. The number of hydrogen-bond donors (Lipinski definition) is 1. The van der Waals surface area contributed by atoms with Gasteiger partial charge in [-0.05, 0) is 48.9 Å². The summed E-state index contributed by atoms with van der Waals surface area (Å²) in [6.45, 7) is 3.94. The highest BCUT2D eigenvalue weighted by molar-refractivity contribution is 5.94. The number of halogens is 3. The topological polar surface area (TPSA) is 74.2 Å². The maximum atomic E-state index is 12.7. The van der Waals surface area contributed by atoms with Gasteiger partial charge in [0, 0.05) is 44.0 Å². The van der Waals surface area contributed by atoms with Gasteiger partial charge >= 0.3 is 6.18 Å². The Hall–Kier alpha value is -3.69. The fourth-order valence-electron chi connectivity index (χ4n) is 3.45. The van der Waals surface area contributed by atoms with E-state index in [4.69, 9.17) is 0 Å². The number of rotatable bonds is 4. The van der Waals surface area contributed by atoms with Crippen molar-refractivity contribution in [3.05, 3.63) is 71.7 Å². The lowest BCUT2D eigenvalue weighted by atomic mass is 10.1. The van der Waals surface area contributed by atoms with Crippen LogP contribution < -0.4 is 10.2 Å². The van der Waals surface area contributed by atoms with Gasteiger partial charge in [-0.25, -0.2) is 15.0 Å². The predicted molar refractivity (Wildman–Crippen MR) is 114 cm³/mol. The summed E-state index contributed by atoms with van der Waals surface area (Å²) < 4.78 is 38.2. The molecule has 3 aromatic rings. The van der Waals surface area contributed by atoms with Crippen LogP contribution in [-0.2, 0) is 6.18 Å². The van der Waals surface area contributed by atoms with Crippen LogP contribution >= 0.6 is 0 Å². The lowest BCUT2D eigenvalue weighted by Crippen LogP contribution is -2.49. The van der Waals surface area contributed by atoms with Gasteiger partial charge in [0.2, 0.25) is 0 Å². The number of carbonyl (C=O) groups is 1. The van der Waals surface area contributed by atoms with Gasteiger partial charge in [0.1, 0.15) is 23.8 Å². The zero-order valence-electron chi connectivity index (χ0n) is 17.3. The summed E-state index contributed by atoms with van der Waals surface area (Å²) in [5.74, 6) is 1.73. The summed E-state index contributed by atoms with van der Waals surface area (Å²) in [5, 5.41) is 3.15. The molecule has 0 unspecified atom stereocenters. The number of hydrogen-bond acceptors (Lipinski definition) is 6. The fourth-order valence-corrected chi connectivity index (χ4v) is 3.45. The third-order valence-electron chi connectivity index (χ3n) is 5.17. The molecule has 10 heteroatoms. The molecule has 0 bridgehead atoms. The molecule has 0 radical (unpaired) electrons. The highest BCUT2D eigenvalue weighted by Crippen LogP contribution is 2.29. The smallest absolute Gasteiger partial charge is 0.353 e. The number of nitrogens with zero attached hydrogens (tertiary/aromatic N) is 5. The fraction of sp³-hybridized carbons (Fsp3) is 0.273. The number of pyridine rings is 1. The van der Waals surface area contributed by atoms with Crippen LogP contribution in [0.4, 0.5) is 30.6 Å². The predicted octanol–water partition coefficient (Wildman–Crippen LogP) is 3.90. The monoisotopic (exact) mass is 442 g/mol. The van der Waals surface area contributed by atoms with Gasteiger partial charge in [0.15, 0.2) is 0 Å². The van der Waals surface area contributed by atoms with Crippen LogP contribution in [0.2, 0.25) is 0 Å². The van der Waals surface area contributed by atoms with Crippen molar-refractivity contribution in [1.82, 2.24) is 19.9 Å². The van der Waals surface area contributed by atoms with Crippen LogP contribution in [0.15, 0.2) is 55.0 Å². The Balaban J connectivity index is 1.38. The van der Waals surface area contributed by atoms with Crippen molar-refractivity contribution in [2.45, 2.75) is 13.1 Å². The summed E-state index contributed by atoms with van der Waals surface area (Å²) in [5.41, 5.74) is 0.546. The molecule has 3 heterocycles. The van der Waals surface area contributed by atoms with Crippen LogP contribution in [0.1, 0.15) is 21.5 Å². The molecule has 4 rings (SSSR count). The minimum Gasteiger partial charge on any atom is -0.353 e. The molecule has 0 saturated carbocycles. The molecule has 7 nitrogen and oxygen atoms in total. The van der Waals surface area contributed by atoms with Gasteiger partial charge in [0.25, 0.3) is 5.91 Å². The quantitative estimate of drug-likeness (QED) is 0.661. The van der Waals surface area contributed by atoms with Crippen LogP contribution in [0.25, 0.3) is 0 Å². The van der Waals surface area contributed by atoms with E-state index in [1.807, 2.05) is 30.0 Å². The second-order valence-electron chi connectivity index (χ2n) is 7.46. The van der Waals surface area contributed by atoms with Gasteiger partial charge in [-0.1, -0.05) is 0 Å². The zero-order chi connectivity index (χ0) is 22.7. The molecule has 0 aliphatic carbocycles. The number of aryl methyl sites for hydroxylation is 1. The number of alkyl halides is 3. The first-order valence-corrected chi connectivity index (χ1v) is 10.0. The molecule has 1 amide bonds. The van der Waals surface area contributed by atoms with Crippen molar-refractivity contribution < 1.29 is 18.0 Å². The molecule has 1 aromatic carbocycles. The van der Waals surface area contributed by atoms with Crippen molar-refractivity contribution in [3.8, 4) is 0 Å². The van der Waals surface area contributed by atoms with Gasteiger partial charge in [-0.15, -0.1) is 0 Å². The van der Waals surface area contributed by atoms with E-state index in [9.17, 15) is 18.0 Å². The summed E-state index contributed by atoms with van der Waals surface area (Å²) in [4.78, 5) is 29.2. The van der Waals surface area contributed by atoms with E-state index in [1.165, 1.54) is 18.5 Å². The van der Waals surface area contributed by atoms with E-state index in [-0.39, 0.29) is 11.5 Å². The van der Waals surface area contributed by atoms with Crippen molar-refractivity contribution in [3.63, 3.8) is 0 Å². The minimum atomic E-state index is -4.42. The molecule has 0 atom stereocenters. The molecule has 0 spiro atoms. The van der Waals surface area contributed by atoms with Crippen molar-refractivity contribution in [2.24, 2.45) is 0 Å². The van der Waals surface area contributed by atoms with Crippen LogP contribution in [0.5, 0.6) is 0 Å². The van der Waals surface area contributed by atoms with Crippen LogP contribution in [0, 0.1) is 6.92 Å². The second kappa shape index (κ2) is 8.81. The SMILES string of the molecule is Cc1ccnc(Nc2cc(N3CCN(C(=O)c4ccc(C(F)(F)F)cc4)CC3)ncn2)c1. The van der Waals surface area contributed by atoms with E-state index < -0.39 is 11.7 Å². The van der Waals surface area contributed by atoms with Crippen molar-refractivity contribution in [1.29, 1.82) is 0 Å². The third-order valence-corrected chi connectivity index (χ3v) is 5.17. The Morgan fingerprint density at radius 3 is 2.28 bits per heavy atom. The summed E-state index contributed by atoms with van der Waals surface area (Å²) in [6.07, 6.45) is -1.24. The second-order valence-corrected chi connectivity index (χ2v) is 7.46. The normalized spacial score (nSPS) is 14.4. The average Bonchev–Trinajstić information content (AvgIpc) is 2.78. The average molecular weight is 442 g/mol. The van der Waals surface area contributed by atoms with Crippen molar-refractivity contribution >= 4 is 23.4 Å². The highest BCUT2D eigenvalue weighted by atomic mass is 19.4. The van der Waals surface area contributed by atoms with Crippen LogP contribution in [0.3, 0.4) is 0 Å². The summed E-state index contributed by atoms with van der Waals surface area (Å²) >= 11 is 0. The minimum absolute atomic E-state index is 0.241. The first kappa shape index (κ1) is 21.5. The third kappa shape index (κ3) is 4.96. The van der Waals surface area contributed by atoms with E-state index >= 15 is 0 Å². The van der Waals surface area contributed by atoms with Gasteiger partial charge < -0.3 is 15.1 Å². The summed E-state index contributed by atoms with van der Waals surface area (Å²) in [7, 11) is 0. The number of aromatic nitrogens is 3. The number of anilines is 3. The molecular weight excluding hydrogens is 421 g/mol. The Morgan fingerprint density at radius 1 is 0.938 bits per heavy atom. The molecule has 1 N–H and O–H groups in total.